The summed E-state index contributed by atoms with van der Waals surface area (Å²) in [6.07, 6.45) is 5.06. The zero-order chi connectivity index (χ0) is 11.1. The highest BCUT2D eigenvalue weighted by molar-refractivity contribution is 5.53. The summed E-state index contributed by atoms with van der Waals surface area (Å²) in [6.45, 7) is 2.02. The third-order valence-corrected chi connectivity index (χ3v) is 1.87. The molecule has 0 saturated heterocycles. The van der Waals surface area contributed by atoms with E-state index in [1.807, 2.05) is 37.3 Å². The predicted molar refractivity (Wildman–Crippen MR) is 59.5 cm³/mol. The molecule has 1 aromatic rings. The van der Waals surface area contributed by atoms with Crippen LogP contribution in [0.2, 0.25) is 0 Å². The molecule has 0 unspecified atom stereocenters. The zero-order valence-electron chi connectivity index (χ0n) is 8.44. The van der Waals surface area contributed by atoms with Gasteiger partial charge in [0.15, 0.2) is 0 Å². The van der Waals surface area contributed by atoms with Crippen molar-refractivity contribution < 1.29 is 0 Å². The first-order valence-corrected chi connectivity index (χ1v) is 4.51. The van der Waals surface area contributed by atoms with Crippen molar-refractivity contribution in [2.24, 2.45) is 0 Å². The molecule has 2 heteroatoms. The van der Waals surface area contributed by atoms with Gasteiger partial charge < -0.3 is 0 Å². The number of hydrogen-bond acceptors (Lipinski definition) is 2. The fraction of sp³-hybridized carbons (Fsp3) is 0.0769. The normalized spacial score (nSPS) is 9.27. The van der Waals surface area contributed by atoms with Gasteiger partial charge in [0.2, 0.25) is 0 Å². The highest BCUT2D eigenvalue weighted by atomic mass is 14.3. The molecule has 72 valence electrons. The molecular formula is C13H10N2. The molecule has 0 fully saturated rings. The average Bonchev–Trinajstić information content (AvgIpc) is 2.27. The first-order valence-electron chi connectivity index (χ1n) is 4.51. The van der Waals surface area contributed by atoms with E-state index in [1.54, 1.807) is 18.2 Å². The molecule has 1 aromatic carbocycles. The Morgan fingerprint density at radius 3 is 2.27 bits per heavy atom. The maximum absolute atomic E-state index is 8.48. The number of nitrogens with zero attached hydrogens (tertiary/aromatic N) is 2. The lowest BCUT2D eigenvalue weighted by atomic mass is 10.1. The number of rotatable bonds is 2. The molecular weight excluding hydrogens is 184 g/mol. The fourth-order valence-electron chi connectivity index (χ4n) is 1.03. The molecule has 0 aliphatic rings. The number of allylic oxidation sites excluding steroid dienone is 3. The van der Waals surface area contributed by atoms with Gasteiger partial charge in [0.05, 0.1) is 0 Å². The SMILES string of the molecule is Cc1ccc(/C=C/C=C(C#N)C#N)cc1. The van der Waals surface area contributed by atoms with Gasteiger partial charge in [-0.15, -0.1) is 0 Å². The van der Waals surface area contributed by atoms with E-state index in [0.29, 0.717) is 0 Å². The molecule has 0 heterocycles. The average molecular weight is 194 g/mol. The molecule has 0 aliphatic heterocycles. The van der Waals surface area contributed by atoms with Gasteiger partial charge in [-0.1, -0.05) is 42.0 Å². The quantitative estimate of drug-likeness (QED) is 0.536. The van der Waals surface area contributed by atoms with Crippen LogP contribution in [0.15, 0.2) is 42.0 Å². The minimum atomic E-state index is 0.110. The van der Waals surface area contributed by atoms with Gasteiger partial charge >= 0.3 is 0 Å². The molecule has 0 spiro atoms. The Kier molecular flexibility index (Phi) is 3.89. The van der Waals surface area contributed by atoms with Crippen LogP contribution in [0, 0.1) is 29.6 Å². The zero-order valence-corrected chi connectivity index (χ0v) is 8.44. The van der Waals surface area contributed by atoms with Crippen LogP contribution in [0.4, 0.5) is 0 Å². The van der Waals surface area contributed by atoms with Crippen molar-refractivity contribution in [2.45, 2.75) is 6.92 Å². The smallest absolute Gasteiger partial charge is 0.129 e. The second kappa shape index (κ2) is 5.42. The molecule has 15 heavy (non-hydrogen) atoms. The molecule has 1 rings (SSSR count). The van der Waals surface area contributed by atoms with Gasteiger partial charge in [0.1, 0.15) is 17.7 Å². The van der Waals surface area contributed by atoms with E-state index in [0.717, 1.165) is 5.56 Å². The van der Waals surface area contributed by atoms with Crippen molar-refractivity contribution in [1.82, 2.24) is 0 Å². The minimum Gasteiger partial charge on any atom is -0.192 e. The molecule has 0 N–H and O–H groups in total. The summed E-state index contributed by atoms with van der Waals surface area (Å²) in [6, 6.07) is 11.6. The maximum atomic E-state index is 8.48. The molecule has 0 radical (unpaired) electrons. The lowest BCUT2D eigenvalue weighted by Crippen LogP contribution is -1.73. The minimum absolute atomic E-state index is 0.110. The van der Waals surface area contributed by atoms with Crippen LogP contribution in [-0.4, -0.2) is 0 Å². The summed E-state index contributed by atoms with van der Waals surface area (Å²) in [7, 11) is 0. The second-order valence-corrected chi connectivity index (χ2v) is 3.07. The van der Waals surface area contributed by atoms with Crippen LogP contribution >= 0.6 is 0 Å². The molecule has 0 amide bonds. The van der Waals surface area contributed by atoms with Crippen molar-refractivity contribution in [3.05, 3.63) is 53.1 Å². The van der Waals surface area contributed by atoms with E-state index in [1.165, 1.54) is 11.6 Å². The standard InChI is InChI=1S/C13H10N2/c1-11-5-7-12(8-6-11)3-2-4-13(9-14)10-15/h2-8H,1H3/b3-2+. The summed E-state index contributed by atoms with van der Waals surface area (Å²) < 4.78 is 0. The number of nitriles is 2. The maximum Gasteiger partial charge on any atom is 0.129 e. The highest BCUT2D eigenvalue weighted by Crippen LogP contribution is 2.05. The van der Waals surface area contributed by atoms with Gasteiger partial charge in [-0.3, -0.25) is 0 Å². The Morgan fingerprint density at radius 2 is 1.73 bits per heavy atom. The van der Waals surface area contributed by atoms with Crippen LogP contribution in [0.3, 0.4) is 0 Å². The molecule has 0 bridgehead atoms. The molecule has 0 atom stereocenters. The Morgan fingerprint density at radius 1 is 1.13 bits per heavy atom. The van der Waals surface area contributed by atoms with Gasteiger partial charge in [-0.2, -0.15) is 10.5 Å². The second-order valence-electron chi connectivity index (χ2n) is 3.07. The predicted octanol–water partition coefficient (Wildman–Crippen LogP) is 2.98. The van der Waals surface area contributed by atoms with Crippen LogP contribution in [0.25, 0.3) is 6.08 Å². The van der Waals surface area contributed by atoms with Gasteiger partial charge in [-0.05, 0) is 18.6 Å². The van der Waals surface area contributed by atoms with Crippen molar-refractivity contribution in [1.29, 1.82) is 10.5 Å². The van der Waals surface area contributed by atoms with E-state index in [9.17, 15) is 0 Å². The van der Waals surface area contributed by atoms with E-state index in [-0.39, 0.29) is 5.57 Å². The van der Waals surface area contributed by atoms with Crippen molar-refractivity contribution in [2.75, 3.05) is 0 Å². The topological polar surface area (TPSA) is 47.6 Å². The van der Waals surface area contributed by atoms with Crippen LogP contribution < -0.4 is 0 Å². The third-order valence-electron chi connectivity index (χ3n) is 1.87. The summed E-state index contributed by atoms with van der Waals surface area (Å²) in [5, 5.41) is 17.0. The van der Waals surface area contributed by atoms with E-state index >= 15 is 0 Å². The summed E-state index contributed by atoms with van der Waals surface area (Å²) in [4.78, 5) is 0. The lowest BCUT2D eigenvalue weighted by molar-refractivity contribution is 1.46. The Hall–Kier alpha value is -2.32. The first-order chi connectivity index (χ1) is 7.26. The largest absolute Gasteiger partial charge is 0.192 e. The highest BCUT2D eigenvalue weighted by Gasteiger charge is 1.87. The van der Waals surface area contributed by atoms with Gasteiger partial charge in [-0.25, -0.2) is 0 Å². The van der Waals surface area contributed by atoms with E-state index in [4.69, 9.17) is 10.5 Å². The summed E-state index contributed by atoms with van der Waals surface area (Å²) in [5.41, 5.74) is 2.36. The Bertz CT molecular complexity index is 449. The van der Waals surface area contributed by atoms with E-state index in [2.05, 4.69) is 0 Å². The third kappa shape index (κ3) is 3.50. The number of aryl methyl sites for hydroxylation is 1. The number of hydrogen-bond donors (Lipinski definition) is 0. The van der Waals surface area contributed by atoms with Crippen molar-refractivity contribution >= 4 is 6.08 Å². The first kappa shape index (κ1) is 10.8. The fourth-order valence-corrected chi connectivity index (χ4v) is 1.03. The van der Waals surface area contributed by atoms with Gasteiger partial charge in [0.25, 0.3) is 0 Å². The molecule has 0 aromatic heterocycles. The lowest BCUT2D eigenvalue weighted by Gasteiger charge is -1.92. The van der Waals surface area contributed by atoms with Crippen molar-refractivity contribution in [3.8, 4) is 12.1 Å². The molecule has 2 nitrogen and oxygen atoms in total. The summed E-state index contributed by atoms with van der Waals surface area (Å²) in [5.74, 6) is 0. The van der Waals surface area contributed by atoms with Crippen molar-refractivity contribution in [3.63, 3.8) is 0 Å². The van der Waals surface area contributed by atoms with Crippen LogP contribution in [-0.2, 0) is 0 Å². The van der Waals surface area contributed by atoms with Crippen LogP contribution in [0.5, 0.6) is 0 Å². The Labute approximate surface area is 89.4 Å². The summed E-state index contributed by atoms with van der Waals surface area (Å²) >= 11 is 0. The Balaban J connectivity index is 2.76. The molecule has 0 saturated carbocycles. The van der Waals surface area contributed by atoms with Crippen LogP contribution in [0.1, 0.15) is 11.1 Å². The monoisotopic (exact) mass is 194 g/mol. The molecule has 0 aliphatic carbocycles. The van der Waals surface area contributed by atoms with E-state index < -0.39 is 0 Å². The van der Waals surface area contributed by atoms with Gasteiger partial charge in [0, 0.05) is 0 Å². The number of benzene rings is 1.